The van der Waals surface area contributed by atoms with E-state index in [9.17, 15) is 19.5 Å². The third-order valence-electron chi connectivity index (χ3n) is 6.20. The lowest BCUT2D eigenvalue weighted by molar-refractivity contribution is -0.147. The minimum atomic E-state index is -0.923. The summed E-state index contributed by atoms with van der Waals surface area (Å²) in [5.41, 5.74) is 1.44. The van der Waals surface area contributed by atoms with Gasteiger partial charge in [-0.15, -0.1) is 0 Å². The molecule has 2 unspecified atom stereocenters. The van der Waals surface area contributed by atoms with Crippen molar-refractivity contribution >= 4 is 17.9 Å². The van der Waals surface area contributed by atoms with Gasteiger partial charge in [0.05, 0.1) is 0 Å². The molecule has 0 aliphatic heterocycles. The van der Waals surface area contributed by atoms with Crippen LogP contribution in [-0.4, -0.2) is 45.6 Å². The topological polar surface area (TPSA) is 108 Å². The fraction of sp³-hybridized carbons (Fsp3) is 0.464. The quantitative estimate of drug-likeness (QED) is 0.505. The molecule has 1 saturated carbocycles. The highest BCUT2D eigenvalue weighted by molar-refractivity contribution is 5.92. The third kappa shape index (κ3) is 6.99. The van der Waals surface area contributed by atoms with E-state index >= 15 is 0 Å². The summed E-state index contributed by atoms with van der Waals surface area (Å²) >= 11 is 0. The van der Waals surface area contributed by atoms with Gasteiger partial charge in [0, 0.05) is 12.6 Å². The molecule has 1 aliphatic rings. The molecule has 3 rings (SSSR count). The summed E-state index contributed by atoms with van der Waals surface area (Å²) in [6.45, 7) is 8.91. The lowest BCUT2D eigenvalue weighted by atomic mass is 9.88. The fourth-order valence-corrected chi connectivity index (χ4v) is 4.12. The SMILES string of the molecule is Cc1cc(C(C(=O)NCc2ccccc2)N(C(=O)C(C)NC(=O)OC(C)(C)C)C2CCC2)ccc1O. The molecular weight excluding hydrogens is 458 g/mol. The van der Waals surface area contributed by atoms with Gasteiger partial charge in [0.15, 0.2) is 0 Å². The zero-order chi connectivity index (χ0) is 26.5. The number of hydrogen-bond donors (Lipinski definition) is 3. The minimum absolute atomic E-state index is 0.115. The van der Waals surface area contributed by atoms with Crippen molar-refractivity contribution in [2.24, 2.45) is 0 Å². The molecular formula is C28H37N3O5. The van der Waals surface area contributed by atoms with Crippen LogP contribution >= 0.6 is 0 Å². The van der Waals surface area contributed by atoms with Gasteiger partial charge >= 0.3 is 6.09 Å². The number of aromatic hydroxyl groups is 1. The molecule has 3 amide bonds. The van der Waals surface area contributed by atoms with E-state index in [-0.39, 0.29) is 23.6 Å². The molecule has 0 spiro atoms. The molecule has 0 radical (unpaired) electrons. The van der Waals surface area contributed by atoms with Crippen molar-refractivity contribution in [2.75, 3.05) is 0 Å². The number of phenolic OH excluding ortho intramolecular Hbond substituents is 1. The summed E-state index contributed by atoms with van der Waals surface area (Å²) in [6.07, 6.45) is 1.80. The van der Waals surface area contributed by atoms with Crippen LogP contribution in [0.25, 0.3) is 0 Å². The molecule has 194 valence electrons. The number of aryl methyl sites for hydroxylation is 1. The Hall–Kier alpha value is -3.55. The van der Waals surface area contributed by atoms with Crippen LogP contribution in [0.15, 0.2) is 48.5 Å². The average molecular weight is 496 g/mol. The summed E-state index contributed by atoms with van der Waals surface area (Å²) in [7, 11) is 0. The Morgan fingerprint density at radius 2 is 1.78 bits per heavy atom. The van der Waals surface area contributed by atoms with Crippen LogP contribution in [0.1, 0.15) is 69.7 Å². The molecule has 36 heavy (non-hydrogen) atoms. The Morgan fingerprint density at radius 3 is 2.33 bits per heavy atom. The van der Waals surface area contributed by atoms with Crippen LogP contribution in [0.3, 0.4) is 0 Å². The lowest BCUT2D eigenvalue weighted by Gasteiger charge is -2.43. The van der Waals surface area contributed by atoms with E-state index in [2.05, 4.69) is 10.6 Å². The average Bonchev–Trinajstić information content (AvgIpc) is 2.77. The largest absolute Gasteiger partial charge is 0.508 e. The van der Waals surface area contributed by atoms with E-state index < -0.39 is 23.8 Å². The maximum Gasteiger partial charge on any atom is 0.408 e. The Morgan fingerprint density at radius 1 is 1.11 bits per heavy atom. The smallest absolute Gasteiger partial charge is 0.408 e. The Kier molecular flexibility index (Phi) is 8.61. The fourth-order valence-electron chi connectivity index (χ4n) is 4.12. The van der Waals surface area contributed by atoms with Crippen molar-refractivity contribution < 1.29 is 24.2 Å². The number of ether oxygens (including phenoxy) is 1. The maximum atomic E-state index is 13.8. The molecule has 0 saturated heterocycles. The third-order valence-corrected chi connectivity index (χ3v) is 6.20. The summed E-state index contributed by atoms with van der Waals surface area (Å²) < 4.78 is 5.32. The highest BCUT2D eigenvalue weighted by atomic mass is 16.6. The second-order valence-electron chi connectivity index (χ2n) is 10.4. The Balaban J connectivity index is 1.91. The molecule has 2 aromatic rings. The highest BCUT2D eigenvalue weighted by Gasteiger charge is 2.41. The van der Waals surface area contributed by atoms with Gasteiger partial charge < -0.3 is 25.4 Å². The summed E-state index contributed by atoms with van der Waals surface area (Å²) in [5, 5.41) is 15.7. The first-order chi connectivity index (χ1) is 17.0. The van der Waals surface area contributed by atoms with Crippen LogP contribution in [0, 0.1) is 6.92 Å². The number of carbonyl (C=O) groups excluding carboxylic acids is 3. The van der Waals surface area contributed by atoms with Crippen LogP contribution in [-0.2, 0) is 20.9 Å². The number of alkyl carbamates (subject to hydrolysis) is 1. The first-order valence-corrected chi connectivity index (χ1v) is 12.4. The van der Waals surface area contributed by atoms with Gasteiger partial charge in [-0.2, -0.15) is 0 Å². The monoisotopic (exact) mass is 495 g/mol. The first-order valence-electron chi connectivity index (χ1n) is 12.4. The second kappa shape index (κ2) is 11.5. The van der Waals surface area contributed by atoms with Crippen LogP contribution in [0.4, 0.5) is 4.79 Å². The van der Waals surface area contributed by atoms with Crippen molar-refractivity contribution in [2.45, 2.75) is 84.2 Å². The standard InChI is InChI=1S/C28H37N3O5/c1-18-16-21(14-15-23(18)32)24(25(33)29-17-20-10-7-6-8-11-20)31(22-12-9-13-22)26(34)19(2)30-27(35)36-28(3,4)5/h6-8,10-11,14-16,19,22,24,32H,9,12-13,17H2,1-5H3,(H,29,33)(H,30,35). The number of amides is 3. The predicted octanol–water partition coefficient (Wildman–Crippen LogP) is 4.35. The number of nitrogens with one attached hydrogen (secondary N) is 2. The number of carbonyl (C=O) groups is 3. The van der Waals surface area contributed by atoms with Crippen LogP contribution in [0.5, 0.6) is 5.75 Å². The highest BCUT2D eigenvalue weighted by Crippen LogP contribution is 2.35. The molecule has 0 aromatic heterocycles. The molecule has 0 heterocycles. The van der Waals surface area contributed by atoms with Gasteiger partial charge in [-0.25, -0.2) is 4.79 Å². The van der Waals surface area contributed by atoms with Crippen molar-refractivity contribution in [3.63, 3.8) is 0 Å². The predicted molar refractivity (Wildman–Crippen MR) is 137 cm³/mol. The Bertz CT molecular complexity index is 1080. The molecule has 1 fully saturated rings. The van der Waals surface area contributed by atoms with Crippen LogP contribution < -0.4 is 10.6 Å². The minimum Gasteiger partial charge on any atom is -0.508 e. The number of benzene rings is 2. The molecule has 8 nitrogen and oxygen atoms in total. The van der Waals surface area contributed by atoms with Gasteiger partial charge in [-0.3, -0.25) is 9.59 Å². The number of nitrogens with zero attached hydrogens (tertiary/aromatic N) is 1. The number of phenols is 1. The summed E-state index contributed by atoms with van der Waals surface area (Å²) in [6, 6.07) is 12.5. The Labute approximate surface area is 213 Å². The van der Waals surface area contributed by atoms with E-state index in [4.69, 9.17) is 4.74 Å². The molecule has 2 atom stereocenters. The maximum absolute atomic E-state index is 13.8. The normalized spacial score (nSPS) is 15.2. The van der Waals surface area contributed by atoms with Gasteiger partial charge in [-0.1, -0.05) is 36.4 Å². The number of rotatable bonds is 8. The van der Waals surface area contributed by atoms with E-state index in [1.54, 1.807) is 51.7 Å². The molecule has 2 aromatic carbocycles. The van der Waals surface area contributed by atoms with Crippen LogP contribution in [0.2, 0.25) is 0 Å². The zero-order valence-corrected chi connectivity index (χ0v) is 21.7. The van der Waals surface area contributed by atoms with Gasteiger partial charge in [0.25, 0.3) is 0 Å². The van der Waals surface area contributed by atoms with Gasteiger partial charge in [-0.05, 0) is 82.7 Å². The molecule has 1 aliphatic carbocycles. The lowest BCUT2D eigenvalue weighted by Crippen LogP contribution is -2.56. The first kappa shape index (κ1) is 27.0. The summed E-state index contributed by atoms with van der Waals surface area (Å²) in [5.74, 6) is -0.575. The van der Waals surface area contributed by atoms with Gasteiger partial charge in [0.1, 0.15) is 23.4 Å². The van der Waals surface area contributed by atoms with E-state index in [0.29, 0.717) is 17.7 Å². The molecule has 0 bridgehead atoms. The summed E-state index contributed by atoms with van der Waals surface area (Å²) in [4.78, 5) is 41.4. The van der Waals surface area contributed by atoms with Crippen molar-refractivity contribution in [1.82, 2.24) is 15.5 Å². The molecule has 8 heteroatoms. The van der Waals surface area contributed by atoms with E-state index in [0.717, 1.165) is 24.8 Å². The van der Waals surface area contributed by atoms with Crippen molar-refractivity contribution in [1.29, 1.82) is 0 Å². The van der Waals surface area contributed by atoms with E-state index in [1.165, 1.54) is 6.07 Å². The van der Waals surface area contributed by atoms with Crippen molar-refractivity contribution in [3.05, 3.63) is 65.2 Å². The van der Waals surface area contributed by atoms with E-state index in [1.807, 2.05) is 30.3 Å². The zero-order valence-electron chi connectivity index (χ0n) is 21.7. The number of hydrogen-bond acceptors (Lipinski definition) is 5. The molecule has 3 N–H and O–H groups in total. The second-order valence-corrected chi connectivity index (χ2v) is 10.4. The van der Waals surface area contributed by atoms with Gasteiger partial charge in [0.2, 0.25) is 11.8 Å². The van der Waals surface area contributed by atoms with Crippen molar-refractivity contribution in [3.8, 4) is 5.75 Å².